The number of thioether (sulfide) groups is 1. The Morgan fingerprint density at radius 2 is 2.40 bits per heavy atom. The van der Waals surface area contributed by atoms with E-state index in [9.17, 15) is 9.59 Å². The van der Waals surface area contributed by atoms with E-state index in [0.717, 1.165) is 0 Å². The largest absolute Gasteiger partial charge is 0.329 e. The zero-order valence-electron chi connectivity index (χ0n) is 8.35. The molecule has 6 nitrogen and oxygen atoms in total. The van der Waals surface area contributed by atoms with Crippen molar-refractivity contribution < 1.29 is 9.59 Å². The van der Waals surface area contributed by atoms with Crippen LogP contribution in [0.2, 0.25) is 0 Å². The van der Waals surface area contributed by atoms with Gasteiger partial charge in [-0.3, -0.25) is 14.9 Å². The fourth-order valence-corrected chi connectivity index (χ4v) is 1.81. The molecule has 2 amide bonds. The molecule has 1 saturated heterocycles. The molecule has 1 atom stereocenters. The molecule has 0 aromatic carbocycles. The number of imide groups is 1. The molecule has 7 heteroatoms. The smallest absolute Gasteiger partial charge is 0.249 e. The van der Waals surface area contributed by atoms with E-state index >= 15 is 0 Å². The zero-order valence-corrected chi connectivity index (χ0v) is 9.17. The van der Waals surface area contributed by atoms with Crippen molar-refractivity contribution >= 4 is 28.7 Å². The number of nitrogens with zero attached hydrogens (tertiary/aromatic N) is 3. The molecule has 80 valence electrons. The van der Waals surface area contributed by atoms with Gasteiger partial charge in [0.25, 0.3) is 0 Å². The summed E-state index contributed by atoms with van der Waals surface area (Å²) < 4.78 is 0. The first-order chi connectivity index (χ1) is 7.10. The van der Waals surface area contributed by atoms with Crippen LogP contribution in [0.1, 0.15) is 6.92 Å². The molecule has 1 aliphatic heterocycles. The Labute approximate surface area is 91.3 Å². The second-order valence-electron chi connectivity index (χ2n) is 2.91. The third-order valence-corrected chi connectivity index (χ3v) is 2.69. The van der Waals surface area contributed by atoms with Crippen LogP contribution in [-0.2, 0) is 9.59 Å². The molecule has 1 aliphatic rings. The number of nitrogens with one attached hydrogen (secondary N) is 1. The summed E-state index contributed by atoms with van der Waals surface area (Å²) in [7, 11) is 0. The molecule has 1 unspecified atom stereocenters. The number of piperazine rings is 1. The summed E-state index contributed by atoms with van der Waals surface area (Å²) in [5, 5.41) is 11.0. The molecule has 0 bridgehead atoms. The number of carbonyl (C=O) groups is 2. The van der Waals surface area contributed by atoms with Crippen molar-refractivity contribution in [1.29, 1.82) is 5.26 Å². The van der Waals surface area contributed by atoms with Gasteiger partial charge in [-0.05, 0) is 13.2 Å². The van der Waals surface area contributed by atoms with Crippen LogP contribution in [0.3, 0.4) is 0 Å². The van der Waals surface area contributed by atoms with Gasteiger partial charge in [0.05, 0.1) is 0 Å². The first kappa shape index (κ1) is 11.5. The topological polar surface area (TPSA) is 85.6 Å². The Kier molecular flexibility index (Phi) is 3.68. The summed E-state index contributed by atoms with van der Waals surface area (Å²) >= 11 is 1.23. The summed E-state index contributed by atoms with van der Waals surface area (Å²) in [6, 6.07) is -0.484. The summed E-state index contributed by atoms with van der Waals surface area (Å²) in [6.45, 7) is 1.71. The van der Waals surface area contributed by atoms with Crippen molar-refractivity contribution in [2.24, 2.45) is 4.99 Å². The molecule has 1 fully saturated rings. The molecule has 0 saturated carbocycles. The molecular formula is C8H10N4O2S. The molecule has 0 spiro atoms. The van der Waals surface area contributed by atoms with Crippen LogP contribution in [-0.4, -0.2) is 40.7 Å². The van der Waals surface area contributed by atoms with Gasteiger partial charge in [0, 0.05) is 0 Å². The van der Waals surface area contributed by atoms with Crippen molar-refractivity contribution in [3.05, 3.63) is 0 Å². The average molecular weight is 226 g/mol. The van der Waals surface area contributed by atoms with Crippen LogP contribution in [0, 0.1) is 11.5 Å². The lowest BCUT2D eigenvalue weighted by atomic mass is 10.2. The SMILES string of the molecule is CSC(=NC#N)N1CC(=O)NC(=O)C1C. The van der Waals surface area contributed by atoms with Crippen molar-refractivity contribution in [1.82, 2.24) is 10.2 Å². The van der Waals surface area contributed by atoms with E-state index in [-0.39, 0.29) is 18.4 Å². The van der Waals surface area contributed by atoms with Gasteiger partial charge in [-0.1, -0.05) is 11.8 Å². The van der Waals surface area contributed by atoms with E-state index in [1.807, 2.05) is 0 Å². The number of hydrogen-bond acceptors (Lipinski definition) is 5. The normalized spacial score (nSPS) is 22.3. The van der Waals surface area contributed by atoms with Crippen LogP contribution < -0.4 is 5.32 Å². The second-order valence-corrected chi connectivity index (χ2v) is 3.69. The first-order valence-corrected chi connectivity index (χ1v) is 5.43. The van der Waals surface area contributed by atoms with Crippen molar-refractivity contribution in [2.45, 2.75) is 13.0 Å². The third kappa shape index (κ3) is 2.47. The van der Waals surface area contributed by atoms with Crippen molar-refractivity contribution in [2.75, 3.05) is 12.8 Å². The number of hydrogen-bond donors (Lipinski definition) is 1. The van der Waals surface area contributed by atoms with E-state index in [0.29, 0.717) is 5.17 Å². The highest BCUT2D eigenvalue weighted by molar-refractivity contribution is 8.13. The minimum atomic E-state index is -0.484. The fraction of sp³-hybridized carbons (Fsp3) is 0.500. The number of carbonyl (C=O) groups excluding carboxylic acids is 2. The number of amidine groups is 1. The number of nitriles is 1. The standard InChI is InChI=1S/C8H10N4O2S/c1-5-7(14)11-6(13)3-12(5)8(15-2)10-4-9/h5H,3H2,1-2H3,(H,11,13,14). The van der Waals surface area contributed by atoms with Crippen molar-refractivity contribution in [3.63, 3.8) is 0 Å². The third-order valence-electron chi connectivity index (χ3n) is 2.00. The highest BCUT2D eigenvalue weighted by Gasteiger charge is 2.32. The highest BCUT2D eigenvalue weighted by Crippen LogP contribution is 2.12. The summed E-state index contributed by atoms with van der Waals surface area (Å²) in [5.41, 5.74) is 0. The quantitative estimate of drug-likeness (QED) is 0.261. The highest BCUT2D eigenvalue weighted by atomic mass is 32.2. The van der Waals surface area contributed by atoms with Crippen LogP contribution in [0.25, 0.3) is 0 Å². The van der Waals surface area contributed by atoms with E-state index in [1.54, 1.807) is 19.4 Å². The molecular weight excluding hydrogens is 216 g/mol. The monoisotopic (exact) mass is 226 g/mol. The lowest BCUT2D eigenvalue weighted by Gasteiger charge is -2.32. The first-order valence-electron chi connectivity index (χ1n) is 4.21. The van der Waals surface area contributed by atoms with E-state index in [1.165, 1.54) is 16.7 Å². The molecule has 1 N–H and O–H groups in total. The Hall–Kier alpha value is -1.55. The van der Waals surface area contributed by atoms with Crippen LogP contribution >= 0.6 is 11.8 Å². The van der Waals surface area contributed by atoms with Gasteiger partial charge in [0.15, 0.2) is 5.17 Å². The van der Waals surface area contributed by atoms with Gasteiger partial charge in [-0.15, -0.1) is 4.99 Å². The number of amides is 2. The summed E-state index contributed by atoms with van der Waals surface area (Å²) in [4.78, 5) is 27.5. The van der Waals surface area contributed by atoms with Gasteiger partial charge >= 0.3 is 0 Å². The molecule has 15 heavy (non-hydrogen) atoms. The molecule has 1 heterocycles. The Morgan fingerprint density at radius 1 is 1.73 bits per heavy atom. The van der Waals surface area contributed by atoms with Crippen LogP contribution in [0.4, 0.5) is 0 Å². The van der Waals surface area contributed by atoms with Gasteiger partial charge in [0.1, 0.15) is 12.6 Å². The van der Waals surface area contributed by atoms with Gasteiger partial charge in [0.2, 0.25) is 18.0 Å². The van der Waals surface area contributed by atoms with E-state index in [4.69, 9.17) is 5.26 Å². The molecule has 0 radical (unpaired) electrons. The Balaban J connectivity index is 2.92. The molecule has 0 aromatic rings. The van der Waals surface area contributed by atoms with Crippen LogP contribution in [0.5, 0.6) is 0 Å². The van der Waals surface area contributed by atoms with Crippen molar-refractivity contribution in [3.8, 4) is 6.19 Å². The average Bonchev–Trinajstić information content (AvgIpc) is 2.20. The minimum absolute atomic E-state index is 0.0499. The summed E-state index contributed by atoms with van der Waals surface area (Å²) in [6.07, 6.45) is 3.38. The maximum atomic E-state index is 11.3. The lowest BCUT2D eigenvalue weighted by molar-refractivity contribution is -0.137. The summed E-state index contributed by atoms with van der Waals surface area (Å²) in [5.74, 6) is -0.747. The fourth-order valence-electron chi connectivity index (χ4n) is 1.22. The van der Waals surface area contributed by atoms with E-state index in [2.05, 4.69) is 10.3 Å². The predicted molar refractivity (Wildman–Crippen MR) is 55.9 cm³/mol. The van der Waals surface area contributed by atoms with Gasteiger partial charge in [-0.2, -0.15) is 5.26 Å². The maximum absolute atomic E-state index is 11.3. The van der Waals surface area contributed by atoms with Gasteiger partial charge in [-0.25, -0.2) is 0 Å². The number of rotatable bonds is 0. The Bertz CT molecular complexity index is 360. The molecule has 0 aliphatic carbocycles. The van der Waals surface area contributed by atoms with Crippen LogP contribution in [0.15, 0.2) is 4.99 Å². The molecule has 1 rings (SSSR count). The lowest BCUT2D eigenvalue weighted by Crippen LogP contribution is -2.58. The Morgan fingerprint density at radius 3 is 2.93 bits per heavy atom. The molecule has 0 aromatic heterocycles. The minimum Gasteiger partial charge on any atom is -0.329 e. The maximum Gasteiger partial charge on any atom is 0.249 e. The van der Waals surface area contributed by atoms with E-state index < -0.39 is 6.04 Å². The zero-order chi connectivity index (χ0) is 11.4. The predicted octanol–water partition coefficient (Wildman–Crippen LogP) is -0.467. The van der Waals surface area contributed by atoms with Gasteiger partial charge < -0.3 is 4.90 Å². The number of aliphatic imine (C=N–C) groups is 1. The second kappa shape index (κ2) is 4.79.